The van der Waals surface area contributed by atoms with Crippen LogP contribution in [0, 0.1) is 13.8 Å². The van der Waals surface area contributed by atoms with E-state index in [2.05, 4.69) is 36.5 Å². The third-order valence-electron chi connectivity index (χ3n) is 3.80. The predicted molar refractivity (Wildman–Crippen MR) is 103 cm³/mol. The number of hydrogen-bond donors (Lipinski definition) is 2. The number of nitrogens with one attached hydrogen (secondary N) is 2. The maximum atomic E-state index is 12.3. The summed E-state index contributed by atoms with van der Waals surface area (Å²) in [7, 11) is 0. The van der Waals surface area contributed by atoms with Gasteiger partial charge in [-0.25, -0.2) is 9.97 Å². The first kappa shape index (κ1) is 17.1. The molecular formula is C19H17BrN4O. The van der Waals surface area contributed by atoms with E-state index in [0.29, 0.717) is 11.5 Å². The van der Waals surface area contributed by atoms with Gasteiger partial charge in [0.2, 0.25) is 5.95 Å². The minimum absolute atomic E-state index is 0.240. The zero-order valence-corrected chi connectivity index (χ0v) is 15.5. The number of aromatic nitrogens is 2. The number of amides is 1. The lowest BCUT2D eigenvalue weighted by molar-refractivity contribution is 0.102. The van der Waals surface area contributed by atoms with Crippen molar-refractivity contribution in [2.24, 2.45) is 0 Å². The molecule has 25 heavy (non-hydrogen) atoms. The Balaban J connectivity index is 1.70. The van der Waals surface area contributed by atoms with Gasteiger partial charge in [0, 0.05) is 22.6 Å². The van der Waals surface area contributed by atoms with Crippen molar-refractivity contribution in [2.45, 2.75) is 13.8 Å². The van der Waals surface area contributed by atoms with Crippen LogP contribution in [0.4, 0.5) is 17.3 Å². The van der Waals surface area contributed by atoms with Crippen LogP contribution in [0.2, 0.25) is 0 Å². The second kappa shape index (κ2) is 7.44. The molecule has 5 nitrogen and oxygen atoms in total. The van der Waals surface area contributed by atoms with Crippen LogP contribution in [0.25, 0.3) is 0 Å². The first-order chi connectivity index (χ1) is 12.0. The maximum absolute atomic E-state index is 12.3. The van der Waals surface area contributed by atoms with E-state index in [9.17, 15) is 4.79 Å². The largest absolute Gasteiger partial charge is 0.323 e. The third-order valence-corrected chi connectivity index (χ3v) is 4.49. The Kier molecular flexibility index (Phi) is 5.09. The van der Waals surface area contributed by atoms with Crippen LogP contribution in [0.3, 0.4) is 0 Å². The molecule has 0 fully saturated rings. The first-order valence-corrected chi connectivity index (χ1v) is 8.54. The zero-order chi connectivity index (χ0) is 17.8. The molecule has 0 unspecified atom stereocenters. The lowest BCUT2D eigenvalue weighted by Crippen LogP contribution is -2.13. The normalized spacial score (nSPS) is 10.4. The van der Waals surface area contributed by atoms with Gasteiger partial charge in [-0.3, -0.25) is 4.79 Å². The maximum Gasteiger partial charge on any atom is 0.258 e. The number of benzene rings is 2. The lowest BCUT2D eigenvalue weighted by atomic mass is 10.1. The van der Waals surface area contributed by atoms with E-state index in [-0.39, 0.29) is 5.91 Å². The average Bonchev–Trinajstić information content (AvgIpc) is 2.61. The molecule has 6 heteroatoms. The smallest absolute Gasteiger partial charge is 0.258 e. The number of halogens is 1. The van der Waals surface area contributed by atoms with Gasteiger partial charge in [0.25, 0.3) is 5.91 Å². The number of hydrogen-bond acceptors (Lipinski definition) is 4. The van der Waals surface area contributed by atoms with Gasteiger partial charge in [0.1, 0.15) is 0 Å². The number of para-hydroxylation sites is 1. The van der Waals surface area contributed by atoms with Gasteiger partial charge in [-0.05, 0) is 65.2 Å². The molecule has 126 valence electrons. The molecule has 0 aliphatic rings. The number of nitrogens with zero attached hydrogens (tertiary/aromatic N) is 2. The van der Waals surface area contributed by atoms with Crippen molar-refractivity contribution in [3.63, 3.8) is 0 Å². The van der Waals surface area contributed by atoms with Crippen molar-refractivity contribution in [1.82, 2.24) is 9.97 Å². The van der Waals surface area contributed by atoms with E-state index in [1.54, 1.807) is 0 Å². The molecule has 1 aromatic heterocycles. The van der Waals surface area contributed by atoms with Crippen molar-refractivity contribution in [2.75, 3.05) is 10.6 Å². The summed E-state index contributed by atoms with van der Waals surface area (Å²) < 4.78 is 0.912. The van der Waals surface area contributed by atoms with Gasteiger partial charge in [0.05, 0.1) is 11.3 Å². The molecule has 0 bridgehead atoms. The van der Waals surface area contributed by atoms with Crippen molar-refractivity contribution < 1.29 is 4.79 Å². The van der Waals surface area contributed by atoms with E-state index in [4.69, 9.17) is 0 Å². The highest BCUT2D eigenvalue weighted by molar-refractivity contribution is 9.10. The molecule has 1 amide bonds. The summed E-state index contributed by atoms with van der Waals surface area (Å²) >= 11 is 3.46. The van der Waals surface area contributed by atoms with Crippen LogP contribution in [-0.4, -0.2) is 15.9 Å². The molecule has 2 N–H and O–H groups in total. The molecule has 0 saturated heterocycles. The fourth-order valence-corrected chi connectivity index (χ4v) is 2.60. The Bertz CT molecular complexity index is 910. The van der Waals surface area contributed by atoms with Gasteiger partial charge >= 0.3 is 0 Å². The summed E-state index contributed by atoms with van der Waals surface area (Å²) in [6, 6.07) is 13.5. The molecular weight excluding hydrogens is 380 g/mol. The Hall–Kier alpha value is -2.73. The third kappa shape index (κ3) is 4.22. The van der Waals surface area contributed by atoms with Crippen LogP contribution < -0.4 is 10.6 Å². The van der Waals surface area contributed by atoms with E-state index in [1.165, 1.54) is 18.0 Å². The fourth-order valence-electron chi connectivity index (χ4n) is 2.22. The molecule has 0 aliphatic carbocycles. The quantitative estimate of drug-likeness (QED) is 0.661. The molecule has 3 aromatic rings. The fraction of sp³-hybridized carbons (Fsp3) is 0.105. The molecule has 0 aliphatic heterocycles. The molecule has 0 radical (unpaired) electrons. The van der Waals surface area contributed by atoms with E-state index in [1.807, 2.05) is 56.3 Å². The van der Waals surface area contributed by atoms with E-state index >= 15 is 0 Å². The van der Waals surface area contributed by atoms with Crippen LogP contribution in [0.5, 0.6) is 0 Å². The molecule has 2 aromatic carbocycles. The van der Waals surface area contributed by atoms with Crippen LogP contribution in [0.1, 0.15) is 21.5 Å². The van der Waals surface area contributed by atoms with Crippen LogP contribution in [0.15, 0.2) is 59.3 Å². The summed E-state index contributed by atoms with van der Waals surface area (Å²) in [5.74, 6) is 0.185. The Morgan fingerprint density at radius 2 is 1.72 bits per heavy atom. The number of aryl methyl sites for hydroxylation is 2. The number of rotatable bonds is 4. The highest BCUT2D eigenvalue weighted by Crippen LogP contribution is 2.23. The second-order valence-electron chi connectivity index (χ2n) is 5.65. The molecule has 1 heterocycles. The number of carbonyl (C=O) groups is 1. The zero-order valence-electron chi connectivity index (χ0n) is 13.9. The SMILES string of the molecule is Cc1ccc(NC(=O)c2cnc(Nc3ccccc3Br)nc2)cc1C. The monoisotopic (exact) mass is 396 g/mol. The topological polar surface area (TPSA) is 66.9 Å². The summed E-state index contributed by atoms with van der Waals surface area (Å²) in [6.07, 6.45) is 3.01. The van der Waals surface area contributed by atoms with E-state index in [0.717, 1.165) is 21.4 Å². The van der Waals surface area contributed by atoms with Crippen LogP contribution >= 0.6 is 15.9 Å². The number of anilines is 3. The van der Waals surface area contributed by atoms with Gasteiger partial charge in [0.15, 0.2) is 0 Å². The van der Waals surface area contributed by atoms with Gasteiger partial charge in [-0.2, -0.15) is 0 Å². The molecule has 3 rings (SSSR count). The average molecular weight is 397 g/mol. The predicted octanol–water partition coefficient (Wildman–Crippen LogP) is 4.85. The van der Waals surface area contributed by atoms with Crippen molar-refractivity contribution in [1.29, 1.82) is 0 Å². The Labute approximate surface area is 154 Å². The Morgan fingerprint density at radius 3 is 2.40 bits per heavy atom. The minimum atomic E-state index is -0.240. The standard InChI is InChI=1S/C19H17BrN4O/c1-12-7-8-15(9-13(12)2)23-18(25)14-10-21-19(22-11-14)24-17-6-4-3-5-16(17)20/h3-11H,1-2H3,(H,23,25)(H,21,22,24). The summed E-state index contributed by atoms with van der Waals surface area (Å²) in [5, 5.41) is 5.96. The highest BCUT2D eigenvalue weighted by atomic mass is 79.9. The minimum Gasteiger partial charge on any atom is -0.323 e. The van der Waals surface area contributed by atoms with Gasteiger partial charge in [-0.1, -0.05) is 18.2 Å². The van der Waals surface area contributed by atoms with Gasteiger partial charge in [-0.15, -0.1) is 0 Å². The molecule has 0 atom stereocenters. The van der Waals surface area contributed by atoms with Crippen molar-refractivity contribution in [3.8, 4) is 0 Å². The number of carbonyl (C=O) groups excluding carboxylic acids is 1. The molecule has 0 spiro atoms. The lowest BCUT2D eigenvalue weighted by Gasteiger charge is -2.09. The summed E-state index contributed by atoms with van der Waals surface area (Å²) in [5.41, 5.74) is 4.32. The van der Waals surface area contributed by atoms with Crippen molar-refractivity contribution in [3.05, 3.63) is 76.0 Å². The second-order valence-corrected chi connectivity index (χ2v) is 6.51. The van der Waals surface area contributed by atoms with Crippen LogP contribution in [-0.2, 0) is 0 Å². The summed E-state index contributed by atoms with van der Waals surface area (Å²) in [6.45, 7) is 4.04. The highest BCUT2D eigenvalue weighted by Gasteiger charge is 2.09. The van der Waals surface area contributed by atoms with Gasteiger partial charge < -0.3 is 10.6 Å². The first-order valence-electron chi connectivity index (χ1n) is 7.75. The van der Waals surface area contributed by atoms with Crippen molar-refractivity contribution >= 4 is 39.2 Å². The Morgan fingerprint density at radius 1 is 1.00 bits per heavy atom. The van der Waals surface area contributed by atoms with E-state index < -0.39 is 0 Å². The molecule has 0 saturated carbocycles. The summed E-state index contributed by atoms with van der Waals surface area (Å²) in [4.78, 5) is 20.7.